The van der Waals surface area contributed by atoms with E-state index < -0.39 is 0 Å². The molecule has 5 nitrogen and oxygen atoms in total. The van der Waals surface area contributed by atoms with Gasteiger partial charge in [0, 0.05) is 99.1 Å². The zero-order valence-corrected chi connectivity index (χ0v) is 27.8. The smallest absolute Gasteiger partial charge is 0.173 e. The van der Waals surface area contributed by atoms with Crippen LogP contribution in [-0.2, 0) is 32.7 Å². The minimum absolute atomic E-state index is 0.825. The molecule has 0 spiro atoms. The second-order valence-corrected chi connectivity index (χ2v) is 13.3. The van der Waals surface area contributed by atoms with E-state index in [0.717, 1.165) is 32.7 Å². The highest BCUT2D eigenvalue weighted by atomic mass is 15.0. The second-order valence-electron chi connectivity index (χ2n) is 13.3. The normalized spacial score (nSPS) is 12.8. The Balaban J connectivity index is 1.10. The van der Waals surface area contributed by atoms with Crippen LogP contribution in [0.3, 0.4) is 0 Å². The number of hydrogen-bond donors (Lipinski definition) is 0. The van der Waals surface area contributed by atoms with Gasteiger partial charge in [-0.2, -0.15) is 0 Å². The van der Waals surface area contributed by atoms with Crippen molar-refractivity contribution in [2.45, 2.75) is 39.6 Å². The number of fused-ring (bicyclic) bond motifs is 1. The fraction of sp³-hybridized carbons (Fsp3) is 0.136. The lowest BCUT2D eigenvalue weighted by Crippen LogP contribution is -2.34. The summed E-state index contributed by atoms with van der Waals surface area (Å²) in [5.41, 5.74) is 12.7. The standard InChI is InChI=1S/C44H39N5/c1-2-49-43-9-7-35-27-41(43)42-28-36(8-10-44(42)49)32-48-25-17-40(18-26-48)38-13-21-46(22-14-38)30-34-4-3-33(5-6-34)29-45-19-11-37(12-20-45)39-15-23-47(31-35)24-16-39/h3-28H,2,29-32H2,1H3/q+4. The molecule has 0 atom stereocenters. The van der Waals surface area contributed by atoms with Crippen LogP contribution in [0.4, 0.5) is 0 Å². The maximum absolute atomic E-state index is 2.44. The Morgan fingerprint density at radius 2 is 0.673 bits per heavy atom. The topological polar surface area (TPSA) is 20.4 Å². The van der Waals surface area contributed by atoms with Crippen molar-refractivity contribution in [2.75, 3.05) is 0 Å². The predicted octanol–water partition coefficient (Wildman–Crippen LogP) is 6.81. The first kappa shape index (κ1) is 29.2. The van der Waals surface area contributed by atoms with Gasteiger partial charge in [-0.05, 0) is 53.4 Å². The quantitative estimate of drug-likeness (QED) is 0.177. The molecule has 3 aromatic carbocycles. The summed E-state index contributed by atoms with van der Waals surface area (Å²) in [4.78, 5) is 0. The Hall–Kier alpha value is -5.94. The number of aryl methyl sites for hydroxylation is 1. The number of nitrogens with zero attached hydrogens (tertiary/aromatic N) is 5. The first-order valence-electron chi connectivity index (χ1n) is 17.2. The van der Waals surface area contributed by atoms with Gasteiger partial charge in [0.1, 0.15) is 0 Å². The monoisotopic (exact) mass is 637 g/mol. The molecule has 0 amide bonds. The van der Waals surface area contributed by atoms with Crippen LogP contribution in [0, 0.1) is 0 Å². The highest BCUT2D eigenvalue weighted by molar-refractivity contribution is 6.08. The van der Waals surface area contributed by atoms with E-state index in [2.05, 4.69) is 189 Å². The Morgan fingerprint density at radius 3 is 0.980 bits per heavy atom. The summed E-state index contributed by atoms with van der Waals surface area (Å²) in [6, 6.07) is 40.7. The number of rotatable bonds is 1. The van der Waals surface area contributed by atoms with E-state index in [1.165, 1.54) is 66.3 Å². The Morgan fingerprint density at radius 1 is 0.388 bits per heavy atom. The minimum atomic E-state index is 0.825. The van der Waals surface area contributed by atoms with Crippen molar-refractivity contribution in [1.82, 2.24) is 4.57 Å². The summed E-state index contributed by atoms with van der Waals surface area (Å²) in [5.74, 6) is 0. The maximum atomic E-state index is 2.44. The van der Waals surface area contributed by atoms with Crippen LogP contribution in [-0.4, -0.2) is 4.57 Å². The minimum Gasteiger partial charge on any atom is -0.341 e. The molecule has 236 valence electrons. The lowest BCUT2D eigenvalue weighted by atomic mass is 10.1. The van der Waals surface area contributed by atoms with Crippen molar-refractivity contribution in [3.05, 3.63) is 181 Å². The summed E-state index contributed by atoms with van der Waals surface area (Å²) in [6.07, 6.45) is 17.5. The number of benzene rings is 3. The lowest BCUT2D eigenvalue weighted by Gasteiger charge is -2.04. The highest BCUT2D eigenvalue weighted by Gasteiger charge is 2.15. The SMILES string of the molecule is CCn1c2ccc3cc2c2cc(ccc21)C[n+]1ccc(cc1)-c1cc[n+](cc1)Cc1ccc(cc1)C[n+]1ccc(cc1)-c1cc[n+](cc1)C3. The Labute approximate surface area is 286 Å². The second kappa shape index (κ2) is 12.3. The summed E-state index contributed by atoms with van der Waals surface area (Å²) in [5, 5.41) is 2.64. The predicted molar refractivity (Wildman–Crippen MR) is 193 cm³/mol. The molecule has 0 aliphatic carbocycles. The third kappa shape index (κ3) is 5.78. The van der Waals surface area contributed by atoms with E-state index in [1.807, 2.05) is 0 Å². The first-order chi connectivity index (χ1) is 24.1. The third-order valence-electron chi connectivity index (χ3n) is 10.0. The molecule has 0 fully saturated rings. The maximum Gasteiger partial charge on any atom is 0.173 e. The molecule has 5 heteroatoms. The van der Waals surface area contributed by atoms with E-state index in [-0.39, 0.29) is 0 Å². The van der Waals surface area contributed by atoms with Gasteiger partial charge >= 0.3 is 0 Å². The van der Waals surface area contributed by atoms with Gasteiger partial charge in [0.05, 0.1) is 0 Å². The van der Waals surface area contributed by atoms with Crippen LogP contribution in [0.5, 0.6) is 0 Å². The van der Waals surface area contributed by atoms with Crippen molar-refractivity contribution in [1.29, 1.82) is 0 Å². The van der Waals surface area contributed by atoms with Crippen molar-refractivity contribution >= 4 is 21.8 Å². The van der Waals surface area contributed by atoms with E-state index in [1.54, 1.807) is 0 Å². The molecule has 8 aliphatic heterocycles. The number of aromatic nitrogens is 5. The van der Waals surface area contributed by atoms with Crippen LogP contribution in [0.25, 0.3) is 44.1 Å². The van der Waals surface area contributed by atoms with Crippen molar-refractivity contribution in [3.63, 3.8) is 0 Å². The zero-order valence-electron chi connectivity index (χ0n) is 27.8. The fourth-order valence-electron chi connectivity index (χ4n) is 7.35. The van der Waals surface area contributed by atoms with Crippen molar-refractivity contribution < 1.29 is 18.3 Å². The molecule has 0 saturated heterocycles. The summed E-state index contributed by atoms with van der Waals surface area (Å²) in [6.45, 7) is 6.52. The highest BCUT2D eigenvalue weighted by Crippen LogP contribution is 2.31. The molecule has 0 radical (unpaired) electrons. The van der Waals surface area contributed by atoms with E-state index in [9.17, 15) is 0 Å². The number of hydrogen-bond acceptors (Lipinski definition) is 0. The molecule has 0 N–H and O–H groups in total. The molecule has 8 aliphatic rings. The fourth-order valence-corrected chi connectivity index (χ4v) is 7.35. The van der Waals surface area contributed by atoms with Crippen LogP contribution in [0.1, 0.15) is 29.2 Å². The average molecular weight is 638 g/mol. The average Bonchev–Trinajstić information content (AvgIpc) is 3.45. The largest absolute Gasteiger partial charge is 0.341 e. The molecule has 5 aromatic heterocycles. The summed E-state index contributed by atoms with van der Waals surface area (Å²) >= 11 is 0. The van der Waals surface area contributed by atoms with Gasteiger partial charge in [-0.3, -0.25) is 0 Å². The molecular formula is C44H39N5+4. The van der Waals surface area contributed by atoms with Gasteiger partial charge in [0.2, 0.25) is 0 Å². The van der Waals surface area contributed by atoms with Crippen LogP contribution < -0.4 is 18.3 Å². The summed E-state index contributed by atoms with van der Waals surface area (Å²) in [7, 11) is 0. The van der Waals surface area contributed by atoms with E-state index >= 15 is 0 Å². The van der Waals surface area contributed by atoms with Crippen LogP contribution in [0.15, 0.2) is 159 Å². The van der Waals surface area contributed by atoms with Gasteiger partial charge in [-0.25, -0.2) is 18.3 Å². The Kier molecular flexibility index (Phi) is 7.31. The molecule has 0 saturated carbocycles. The molecule has 13 heterocycles. The molecule has 8 aromatic rings. The Bertz CT molecular complexity index is 2250. The van der Waals surface area contributed by atoms with Gasteiger partial charge in [0.15, 0.2) is 75.8 Å². The zero-order chi connectivity index (χ0) is 32.7. The van der Waals surface area contributed by atoms with Gasteiger partial charge in [0.25, 0.3) is 0 Å². The lowest BCUT2D eigenvalue weighted by molar-refractivity contribution is -0.689. The summed E-state index contributed by atoms with van der Waals surface area (Å²) < 4.78 is 11.5. The van der Waals surface area contributed by atoms with Crippen LogP contribution >= 0.6 is 0 Å². The van der Waals surface area contributed by atoms with E-state index in [0.29, 0.717) is 0 Å². The number of pyridine rings is 4. The van der Waals surface area contributed by atoms with Gasteiger partial charge in [-0.15, -0.1) is 0 Å². The molecule has 16 rings (SSSR count). The van der Waals surface area contributed by atoms with Crippen LogP contribution in [0.2, 0.25) is 0 Å². The molecule has 0 unspecified atom stereocenters. The molecule has 14 bridgehead atoms. The molecular weight excluding hydrogens is 599 g/mol. The van der Waals surface area contributed by atoms with Gasteiger partial charge < -0.3 is 4.57 Å². The van der Waals surface area contributed by atoms with Crippen molar-refractivity contribution in [2.24, 2.45) is 0 Å². The van der Waals surface area contributed by atoms with Gasteiger partial charge in [-0.1, -0.05) is 36.4 Å². The van der Waals surface area contributed by atoms with E-state index in [4.69, 9.17) is 0 Å². The molecule has 49 heavy (non-hydrogen) atoms. The van der Waals surface area contributed by atoms with Crippen molar-refractivity contribution in [3.8, 4) is 22.3 Å². The first-order valence-corrected chi connectivity index (χ1v) is 17.2. The third-order valence-corrected chi connectivity index (χ3v) is 10.0.